The smallest absolute Gasteiger partial charge is 0.330 e. The van der Waals surface area contributed by atoms with E-state index >= 15 is 0 Å². The minimum atomic E-state index is -1.34. The van der Waals surface area contributed by atoms with Gasteiger partial charge in [0.15, 0.2) is 6.23 Å². The van der Waals surface area contributed by atoms with Crippen LogP contribution in [-0.2, 0) is 4.74 Å². The van der Waals surface area contributed by atoms with Crippen molar-refractivity contribution in [3.8, 4) is 0 Å². The molecular weight excluding hydrogens is 247 g/mol. The second-order valence-electron chi connectivity index (χ2n) is 3.78. The number of halogens is 1. The largest absolute Gasteiger partial charge is 0.394 e. The van der Waals surface area contributed by atoms with Gasteiger partial charge in [-0.15, -0.1) is 0 Å². The summed E-state index contributed by atoms with van der Waals surface area (Å²) in [4.78, 5) is 24.4. The molecule has 0 unspecified atom stereocenters. The highest BCUT2D eigenvalue weighted by Gasteiger charge is 2.40. The van der Waals surface area contributed by atoms with Crippen LogP contribution in [0.5, 0.6) is 0 Å². The minimum Gasteiger partial charge on any atom is -0.394 e. The lowest BCUT2D eigenvalue weighted by molar-refractivity contribution is -0.0448. The quantitative estimate of drug-likeness (QED) is 0.607. The first-order valence-electron chi connectivity index (χ1n) is 5.14. The van der Waals surface area contributed by atoms with Gasteiger partial charge in [-0.1, -0.05) is 0 Å². The van der Waals surface area contributed by atoms with Crippen molar-refractivity contribution >= 4 is 0 Å². The molecule has 18 heavy (non-hydrogen) atoms. The van der Waals surface area contributed by atoms with Crippen molar-refractivity contribution in [2.45, 2.75) is 18.4 Å². The number of hydrogen-bond donors (Lipinski definition) is 3. The Hall–Kier alpha value is -1.77. The molecule has 1 aromatic heterocycles. The van der Waals surface area contributed by atoms with Gasteiger partial charge in [0.2, 0.25) is 0 Å². The molecule has 1 aliphatic rings. The first-order valence-corrected chi connectivity index (χ1v) is 5.14. The van der Waals surface area contributed by atoms with Gasteiger partial charge in [-0.25, -0.2) is 9.18 Å². The Labute approximate surface area is 99.8 Å². The summed E-state index contributed by atoms with van der Waals surface area (Å²) in [6, 6.07) is 1.07. The van der Waals surface area contributed by atoms with Crippen LogP contribution in [0.25, 0.3) is 0 Å². The van der Waals surface area contributed by atoms with Crippen LogP contribution in [-0.4, -0.2) is 38.6 Å². The van der Waals surface area contributed by atoms with Gasteiger partial charge in [0.05, 0.1) is 12.9 Å². The fourth-order valence-corrected chi connectivity index (χ4v) is 1.78. The summed E-state index contributed by atoms with van der Waals surface area (Å²) in [6.07, 6.45) is -2.30. The minimum absolute atomic E-state index is 0.128. The van der Waals surface area contributed by atoms with Crippen LogP contribution in [0.4, 0.5) is 4.39 Å². The van der Waals surface area contributed by atoms with E-state index in [4.69, 9.17) is 9.84 Å². The third-order valence-corrected chi connectivity index (χ3v) is 2.69. The van der Waals surface area contributed by atoms with Crippen LogP contribution in [0.3, 0.4) is 0 Å². The number of nitrogens with zero attached hydrogens (tertiary/aromatic N) is 1. The van der Waals surface area contributed by atoms with E-state index in [0.29, 0.717) is 0 Å². The normalized spacial score (nSPS) is 29.9. The fourth-order valence-electron chi connectivity index (χ4n) is 1.78. The lowest BCUT2D eigenvalue weighted by atomic mass is 10.1. The SMILES string of the molecule is O=c1ccn([C@@H]2O[C@H](CO)[C@@H](O)/C2=C\F)c(=O)[nH]1. The molecule has 0 bridgehead atoms. The van der Waals surface area contributed by atoms with Gasteiger partial charge in [0.1, 0.15) is 12.2 Å². The first-order chi connectivity index (χ1) is 8.58. The average Bonchev–Trinajstić information content (AvgIpc) is 2.65. The van der Waals surface area contributed by atoms with Crippen molar-refractivity contribution in [3.05, 3.63) is 45.0 Å². The fraction of sp³-hybridized carbons (Fsp3) is 0.400. The molecule has 98 valence electrons. The molecule has 0 aromatic carbocycles. The zero-order valence-corrected chi connectivity index (χ0v) is 9.12. The number of aliphatic hydroxyl groups excluding tert-OH is 2. The van der Waals surface area contributed by atoms with Crippen molar-refractivity contribution < 1.29 is 19.3 Å². The lowest BCUT2D eigenvalue weighted by Crippen LogP contribution is -2.32. The van der Waals surface area contributed by atoms with Crippen LogP contribution in [0.2, 0.25) is 0 Å². The van der Waals surface area contributed by atoms with Gasteiger partial charge >= 0.3 is 5.69 Å². The summed E-state index contributed by atoms with van der Waals surface area (Å²) < 4.78 is 18.8. The highest BCUT2D eigenvalue weighted by Crippen LogP contribution is 2.33. The Bertz CT molecular complexity index is 578. The standard InChI is InChI=1S/C10H11FN2O5/c11-3-5-8(16)6(4-14)18-9(5)13-2-1-7(15)12-10(13)17/h1-3,6,8-9,14,16H,4H2,(H,12,15,17)/b5-3+/t6-,8+,9-/m1/s1. The Morgan fingerprint density at radius 3 is 2.83 bits per heavy atom. The van der Waals surface area contributed by atoms with Crippen LogP contribution in [0, 0.1) is 0 Å². The van der Waals surface area contributed by atoms with E-state index in [9.17, 15) is 19.1 Å². The third kappa shape index (κ3) is 2.01. The van der Waals surface area contributed by atoms with Crippen LogP contribution in [0.15, 0.2) is 33.8 Å². The maximum atomic E-state index is 12.7. The highest BCUT2D eigenvalue weighted by molar-refractivity contribution is 5.16. The zero-order valence-electron chi connectivity index (χ0n) is 9.12. The third-order valence-electron chi connectivity index (χ3n) is 2.69. The van der Waals surface area contributed by atoms with E-state index in [2.05, 4.69) is 0 Å². The summed E-state index contributed by atoms with van der Waals surface area (Å²) >= 11 is 0. The molecule has 0 aliphatic carbocycles. The Kier molecular flexibility index (Phi) is 3.41. The van der Waals surface area contributed by atoms with Crippen LogP contribution >= 0.6 is 0 Å². The number of H-pyrrole nitrogens is 1. The molecule has 1 saturated heterocycles. The van der Waals surface area contributed by atoms with E-state index in [1.54, 1.807) is 0 Å². The van der Waals surface area contributed by atoms with Gasteiger partial charge in [0.25, 0.3) is 5.56 Å². The molecule has 1 fully saturated rings. The van der Waals surface area contributed by atoms with Crippen molar-refractivity contribution in [1.29, 1.82) is 0 Å². The molecule has 2 rings (SSSR count). The summed E-state index contributed by atoms with van der Waals surface area (Å²) in [7, 11) is 0. The summed E-state index contributed by atoms with van der Waals surface area (Å²) in [5.41, 5.74) is -1.58. The maximum absolute atomic E-state index is 12.7. The molecule has 8 heteroatoms. The molecule has 0 spiro atoms. The number of aromatic nitrogens is 2. The van der Waals surface area contributed by atoms with E-state index < -0.39 is 36.3 Å². The number of aromatic amines is 1. The van der Waals surface area contributed by atoms with Gasteiger partial charge in [-0.05, 0) is 0 Å². The van der Waals surface area contributed by atoms with Crippen molar-refractivity contribution in [2.75, 3.05) is 6.61 Å². The predicted molar refractivity (Wildman–Crippen MR) is 57.5 cm³/mol. The molecule has 0 saturated carbocycles. The van der Waals surface area contributed by atoms with E-state index in [-0.39, 0.29) is 11.9 Å². The number of rotatable bonds is 2. The average molecular weight is 258 g/mol. The van der Waals surface area contributed by atoms with Crippen molar-refractivity contribution in [2.24, 2.45) is 0 Å². The predicted octanol–water partition coefficient (Wildman–Crippen LogP) is -1.36. The number of aliphatic hydroxyl groups is 2. The van der Waals surface area contributed by atoms with E-state index in [1.165, 1.54) is 0 Å². The Morgan fingerprint density at radius 1 is 1.56 bits per heavy atom. The monoisotopic (exact) mass is 258 g/mol. The maximum Gasteiger partial charge on any atom is 0.330 e. The summed E-state index contributed by atoms with van der Waals surface area (Å²) in [5, 5.41) is 18.6. The van der Waals surface area contributed by atoms with Crippen LogP contribution in [0.1, 0.15) is 6.23 Å². The number of ether oxygens (including phenoxy) is 1. The summed E-state index contributed by atoms with van der Waals surface area (Å²) in [5.74, 6) is 0. The first kappa shape index (κ1) is 12.7. The van der Waals surface area contributed by atoms with Gasteiger partial charge in [0, 0.05) is 17.8 Å². The van der Waals surface area contributed by atoms with E-state index in [1.807, 2.05) is 4.98 Å². The zero-order chi connectivity index (χ0) is 13.3. The van der Waals surface area contributed by atoms with Gasteiger partial charge < -0.3 is 14.9 Å². The number of hydrogen-bond acceptors (Lipinski definition) is 5. The van der Waals surface area contributed by atoms with Crippen LogP contribution < -0.4 is 11.2 Å². The van der Waals surface area contributed by atoms with Gasteiger partial charge in [-0.3, -0.25) is 14.3 Å². The molecular formula is C10H11FN2O5. The van der Waals surface area contributed by atoms with E-state index in [0.717, 1.165) is 16.8 Å². The molecule has 3 N–H and O–H groups in total. The molecule has 0 radical (unpaired) electrons. The van der Waals surface area contributed by atoms with Gasteiger partial charge in [-0.2, -0.15) is 0 Å². The number of nitrogens with one attached hydrogen (secondary N) is 1. The highest BCUT2D eigenvalue weighted by atomic mass is 19.1. The summed E-state index contributed by atoms with van der Waals surface area (Å²) in [6.45, 7) is -0.521. The lowest BCUT2D eigenvalue weighted by Gasteiger charge is -2.14. The molecule has 7 nitrogen and oxygen atoms in total. The Morgan fingerprint density at radius 2 is 2.28 bits per heavy atom. The molecule has 3 atom stereocenters. The molecule has 2 heterocycles. The molecule has 1 aromatic rings. The van der Waals surface area contributed by atoms with Crippen molar-refractivity contribution in [3.63, 3.8) is 0 Å². The molecule has 0 amide bonds. The Balaban J connectivity index is 2.45. The second kappa shape index (κ2) is 4.84. The second-order valence-corrected chi connectivity index (χ2v) is 3.78. The van der Waals surface area contributed by atoms with Crippen molar-refractivity contribution in [1.82, 2.24) is 9.55 Å². The topological polar surface area (TPSA) is 105 Å². The molecule has 1 aliphatic heterocycles.